The van der Waals surface area contributed by atoms with E-state index in [-0.39, 0.29) is 25.7 Å². The molecule has 0 radical (unpaired) electrons. The third kappa shape index (κ3) is 62.6. The maximum absolute atomic E-state index is 13.0. The number of aliphatic hydroxyl groups is 1. The second-order valence-corrected chi connectivity index (χ2v) is 28.4. The molecule has 0 aliphatic rings. The Kier molecular flexibility index (Phi) is 59.0. The maximum atomic E-state index is 13.0. The molecular weight excluding hydrogens is 1150 g/mol. The van der Waals surface area contributed by atoms with E-state index >= 15 is 0 Å². The molecule has 0 aromatic heterocycles. The first-order chi connectivity index (χ1) is 41.9. The summed E-state index contributed by atoms with van der Waals surface area (Å²) in [6.07, 6.45) is 44.3. The number of phosphoric ester groups is 2. The Morgan fingerprint density at radius 3 is 0.782 bits per heavy atom. The third-order valence-electron chi connectivity index (χ3n) is 15.7. The van der Waals surface area contributed by atoms with Gasteiger partial charge in [-0.15, -0.1) is 0 Å². The van der Waals surface area contributed by atoms with Crippen molar-refractivity contribution in [2.45, 2.75) is 362 Å². The van der Waals surface area contributed by atoms with Crippen LogP contribution in [-0.4, -0.2) is 96.7 Å². The van der Waals surface area contributed by atoms with E-state index < -0.39 is 97.5 Å². The van der Waals surface area contributed by atoms with Crippen molar-refractivity contribution in [3.63, 3.8) is 0 Å². The van der Waals surface area contributed by atoms with Crippen LogP contribution in [-0.2, 0) is 65.4 Å². The number of aliphatic hydroxyl groups excluding tert-OH is 1. The summed E-state index contributed by atoms with van der Waals surface area (Å²) >= 11 is 0. The van der Waals surface area contributed by atoms with Crippen molar-refractivity contribution < 1.29 is 80.2 Å². The Labute approximate surface area is 530 Å². The first-order valence-electron chi connectivity index (χ1n) is 35.5. The predicted octanol–water partition coefficient (Wildman–Crippen LogP) is 19.2. The Morgan fingerprint density at radius 1 is 0.310 bits per heavy atom. The fraction of sp³-hybridized carbons (Fsp3) is 0.941. The van der Waals surface area contributed by atoms with E-state index in [9.17, 15) is 43.2 Å². The van der Waals surface area contributed by atoms with Crippen LogP contribution in [0.25, 0.3) is 0 Å². The lowest BCUT2D eigenvalue weighted by atomic mass is 10.0. The molecule has 0 bridgehead atoms. The molecule has 17 nitrogen and oxygen atoms in total. The number of hydrogen-bond acceptors (Lipinski definition) is 15. The van der Waals surface area contributed by atoms with Gasteiger partial charge in [-0.1, -0.05) is 292 Å². The molecule has 0 aromatic carbocycles. The summed E-state index contributed by atoms with van der Waals surface area (Å²) in [4.78, 5) is 72.4. The zero-order valence-electron chi connectivity index (χ0n) is 56.3. The van der Waals surface area contributed by atoms with Crippen LogP contribution >= 0.6 is 15.6 Å². The largest absolute Gasteiger partial charge is 0.472 e. The molecule has 516 valence electrons. The van der Waals surface area contributed by atoms with Crippen LogP contribution in [0.15, 0.2) is 0 Å². The van der Waals surface area contributed by atoms with E-state index in [2.05, 4.69) is 41.5 Å². The SMILES string of the molecule is CCCCCCCCCCCCCC(=O)O[C@H](COC(=O)CCCCCCCCCCCC)COP(=O)(O)OC[C@H](O)COP(=O)(O)OC[C@@H](COC(=O)CCCCCCCCCCC(C)C)OC(=O)CCCCCCCCCCCCCCC(C)C. The van der Waals surface area contributed by atoms with Gasteiger partial charge in [0.25, 0.3) is 0 Å². The van der Waals surface area contributed by atoms with Gasteiger partial charge in [-0.05, 0) is 37.5 Å². The summed E-state index contributed by atoms with van der Waals surface area (Å²) < 4.78 is 68.2. The molecule has 0 heterocycles. The number of hydrogen-bond donors (Lipinski definition) is 3. The molecule has 5 atom stereocenters. The van der Waals surface area contributed by atoms with Crippen LogP contribution in [0.2, 0.25) is 0 Å². The Hall–Kier alpha value is -1.94. The zero-order chi connectivity index (χ0) is 64.3. The van der Waals surface area contributed by atoms with Crippen molar-refractivity contribution in [2.24, 2.45) is 11.8 Å². The average Bonchev–Trinajstić information content (AvgIpc) is 3.69. The van der Waals surface area contributed by atoms with Crippen molar-refractivity contribution in [1.29, 1.82) is 0 Å². The summed E-state index contributed by atoms with van der Waals surface area (Å²) in [5, 5.41) is 10.6. The minimum absolute atomic E-state index is 0.106. The van der Waals surface area contributed by atoms with E-state index in [0.717, 1.165) is 102 Å². The van der Waals surface area contributed by atoms with E-state index in [0.29, 0.717) is 25.7 Å². The van der Waals surface area contributed by atoms with Crippen molar-refractivity contribution in [2.75, 3.05) is 39.6 Å². The Bertz CT molecular complexity index is 1700. The fourth-order valence-corrected chi connectivity index (χ4v) is 11.8. The van der Waals surface area contributed by atoms with Crippen LogP contribution in [0.5, 0.6) is 0 Å². The molecule has 0 rings (SSSR count). The van der Waals surface area contributed by atoms with E-state index in [1.54, 1.807) is 0 Å². The minimum Gasteiger partial charge on any atom is -0.462 e. The monoisotopic (exact) mass is 1280 g/mol. The predicted molar refractivity (Wildman–Crippen MR) is 349 cm³/mol. The van der Waals surface area contributed by atoms with Gasteiger partial charge in [0.15, 0.2) is 12.2 Å². The van der Waals surface area contributed by atoms with Gasteiger partial charge in [0, 0.05) is 25.7 Å². The highest BCUT2D eigenvalue weighted by atomic mass is 31.2. The molecule has 3 N–H and O–H groups in total. The molecule has 87 heavy (non-hydrogen) atoms. The average molecular weight is 1280 g/mol. The smallest absolute Gasteiger partial charge is 0.462 e. The molecule has 0 aliphatic carbocycles. The second-order valence-electron chi connectivity index (χ2n) is 25.5. The number of carbonyl (C=O) groups is 4. The lowest BCUT2D eigenvalue weighted by molar-refractivity contribution is -0.161. The lowest BCUT2D eigenvalue weighted by Gasteiger charge is -2.21. The summed E-state index contributed by atoms with van der Waals surface area (Å²) in [6.45, 7) is 9.50. The topological polar surface area (TPSA) is 237 Å². The molecule has 0 aromatic rings. The van der Waals surface area contributed by atoms with Gasteiger partial charge in [-0.2, -0.15) is 0 Å². The van der Waals surface area contributed by atoms with Crippen LogP contribution in [0, 0.1) is 11.8 Å². The fourth-order valence-electron chi connectivity index (χ4n) is 10.2. The van der Waals surface area contributed by atoms with E-state index in [1.165, 1.54) is 161 Å². The molecule has 0 aliphatic heterocycles. The summed E-state index contributed by atoms with van der Waals surface area (Å²) in [6, 6.07) is 0. The van der Waals surface area contributed by atoms with Gasteiger partial charge >= 0.3 is 39.5 Å². The van der Waals surface area contributed by atoms with E-state index in [4.69, 9.17) is 37.0 Å². The molecule has 0 spiro atoms. The highest BCUT2D eigenvalue weighted by Crippen LogP contribution is 2.45. The molecular formula is C68H132O17P2. The molecule has 0 fully saturated rings. The highest BCUT2D eigenvalue weighted by molar-refractivity contribution is 7.47. The summed E-state index contributed by atoms with van der Waals surface area (Å²) in [5.74, 6) is -0.624. The van der Waals surface area contributed by atoms with Crippen molar-refractivity contribution in [3.8, 4) is 0 Å². The molecule has 2 unspecified atom stereocenters. The van der Waals surface area contributed by atoms with Gasteiger partial charge in [0.2, 0.25) is 0 Å². The molecule has 0 saturated carbocycles. The number of carbonyl (C=O) groups excluding carboxylic acids is 4. The number of ether oxygens (including phenoxy) is 4. The first-order valence-corrected chi connectivity index (χ1v) is 38.5. The van der Waals surface area contributed by atoms with Crippen LogP contribution in [0.4, 0.5) is 0 Å². The first kappa shape index (κ1) is 85.1. The maximum Gasteiger partial charge on any atom is 0.472 e. The molecule has 19 heteroatoms. The molecule has 0 saturated heterocycles. The quantitative estimate of drug-likeness (QED) is 0.0222. The number of rotatable bonds is 67. The number of phosphoric acid groups is 2. The number of esters is 4. The minimum atomic E-state index is -4.95. The second kappa shape index (κ2) is 60.3. The van der Waals surface area contributed by atoms with Gasteiger partial charge in [0.1, 0.15) is 19.3 Å². The Morgan fingerprint density at radius 2 is 0.529 bits per heavy atom. The van der Waals surface area contributed by atoms with Crippen molar-refractivity contribution in [3.05, 3.63) is 0 Å². The standard InChI is InChI=1S/C68H132O17P2/c1-7-9-11-13-15-17-21-26-34-40-46-52-67(72)84-63(56-78-65(70)50-44-38-32-25-18-16-14-12-10-8-2)58-82-86(74,75)80-54-62(69)55-81-87(76,77)83-59-64(57-79-66(71)51-45-39-33-29-28-31-37-43-49-61(5)6)85-68(73)53-47-41-35-27-23-20-19-22-24-30-36-42-48-60(3)4/h60-64,69H,7-59H2,1-6H3,(H,74,75)(H,76,77)/t62-,63+,64+/m0/s1. The van der Waals surface area contributed by atoms with Crippen molar-refractivity contribution in [1.82, 2.24) is 0 Å². The van der Waals surface area contributed by atoms with Crippen LogP contribution < -0.4 is 0 Å². The van der Waals surface area contributed by atoms with Crippen LogP contribution in [0.3, 0.4) is 0 Å². The third-order valence-corrected chi connectivity index (χ3v) is 17.6. The zero-order valence-corrected chi connectivity index (χ0v) is 58.1. The Balaban J connectivity index is 5.24. The van der Waals surface area contributed by atoms with Gasteiger partial charge in [-0.25, -0.2) is 9.13 Å². The van der Waals surface area contributed by atoms with Gasteiger partial charge in [-0.3, -0.25) is 37.3 Å². The van der Waals surface area contributed by atoms with Gasteiger partial charge < -0.3 is 33.8 Å². The molecule has 0 amide bonds. The van der Waals surface area contributed by atoms with Crippen LogP contribution in [0.1, 0.15) is 343 Å². The summed E-state index contributed by atoms with van der Waals surface area (Å²) in [7, 11) is -9.89. The summed E-state index contributed by atoms with van der Waals surface area (Å²) in [5.41, 5.74) is 0. The normalized spacial score (nSPS) is 14.2. The van der Waals surface area contributed by atoms with E-state index in [1.807, 2.05) is 0 Å². The number of unbranched alkanes of at least 4 members (excludes halogenated alkanes) is 37. The lowest BCUT2D eigenvalue weighted by Crippen LogP contribution is -2.30. The highest BCUT2D eigenvalue weighted by Gasteiger charge is 2.30. The van der Waals surface area contributed by atoms with Gasteiger partial charge in [0.05, 0.1) is 26.4 Å². The van der Waals surface area contributed by atoms with Crippen molar-refractivity contribution >= 4 is 39.5 Å².